The van der Waals surface area contributed by atoms with Crippen molar-refractivity contribution < 1.29 is 14.3 Å². The van der Waals surface area contributed by atoms with Gasteiger partial charge in [-0.05, 0) is 24.5 Å². The van der Waals surface area contributed by atoms with Gasteiger partial charge in [0.05, 0.1) is 22.2 Å². The smallest absolute Gasteiger partial charge is 0.336 e. The Balaban J connectivity index is 2.34. The summed E-state index contributed by atoms with van der Waals surface area (Å²) < 4.78 is 5.53. The quantitative estimate of drug-likeness (QED) is 0.714. The summed E-state index contributed by atoms with van der Waals surface area (Å²) in [5, 5.41) is 3.48. The van der Waals surface area contributed by atoms with Gasteiger partial charge in [-0.3, -0.25) is 4.79 Å². The second-order valence-corrected chi connectivity index (χ2v) is 7.05. The molecule has 0 saturated heterocycles. The van der Waals surface area contributed by atoms with Gasteiger partial charge in [0.2, 0.25) is 5.91 Å². The third-order valence-electron chi connectivity index (χ3n) is 4.65. The predicted molar refractivity (Wildman–Crippen MR) is 99.7 cm³/mol. The second kappa shape index (κ2) is 8.72. The van der Waals surface area contributed by atoms with E-state index in [1.54, 1.807) is 25.1 Å². The molecule has 0 aromatic heterocycles. The van der Waals surface area contributed by atoms with Gasteiger partial charge in [-0.15, -0.1) is 0 Å². The number of carbonyl (C=O) groups is 2. The summed E-state index contributed by atoms with van der Waals surface area (Å²) in [5.41, 5.74) is 1.61. The van der Waals surface area contributed by atoms with Crippen molar-refractivity contribution >= 4 is 35.1 Å². The van der Waals surface area contributed by atoms with Crippen molar-refractivity contribution in [1.82, 2.24) is 5.32 Å². The highest BCUT2D eigenvalue weighted by Gasteiger charge is 2.34. The van der Waals surface area contributed by atoms with E-state index in [-0.39, 0.29) is 12.3 Å². The first-order chi connectivity index (χ1) is 11.9. The molecule has 1 aliphatic heterocycles. The summed E-state index contributed by atoms with van der Waals surface area (Å²) in [4.78, 5) is 24.7. The number of rotatable bonds is 6. The molecule has 0 radical (unpaired) electrons. The van der Waals surface area contributed by atoms with Crippen molar-refractivity contribution in [3.8, 4) is 0 Å². The Kier molecular flexibility index (Phi) is 6.91. The van der Waals surface area contributed by atoms with Crippen LogP contribution in [0.5, 0.6) is 0 Å². The summed E-state index contributed by atoms with van der Waals surface area (Å²) in [6.45, 7) is 6.21. The number of hydrogen-bond acceptors (Lipinski definition) is 3. The van der Waals surface area contributed by atoms with Crippen LogP contribution in [0.3, 0.4) is 0 Å². The number of hydrogen-bond donors (Lipinski definition) is 1. The topological polar surface area (TPSA) is 55.4 Å². The molecular formula is C19H23Cl2NO3. The molecule has 1 N–H and O–H groups in total. The van der Waals surface area contributed by atoms with Crippen LogP contribution in [-0.2, 0) is 14.3 Å². The van der Waals surface area contributed by atoms with Gasteiger partial charge in [0.25, 0.3) is 0 Å². The molecule has 6 heteroatoms. The first-order valence-corrected chi connectivity index (χ1v) is 9.26. The van der Waals surface area contributed by atoms with E-state index < -0.39 is 11.9 Å². The predicted octanol–water partition coefficient (Wildman–Crippen LogP) is 4.85. The average molecular weight is 384 g/mol. The molecule has 0 spiro atoms. The lowest BCUT2D eigenvalue weighted by atomic mass is 9.84. The first kappa shape index (κ1) is 19.8. The lowest BCUT2D eigenvalue weighted by Gasteiger charge is -2.27. The first-order valence-electron chi connectivity index (χ1n) is 8.50. The molecule has 0 bridgehead atoms. The minimum absolute atomic E-state index is 0.132. The molecule has 0 fully saturated rings. The Morgan fingerprint density at radius 3 is 2.64 bits per heavy atom. The molecule has 1 atom stereocenters. The van der Waals surface area contributed by atoms with Gasteiger partial charge in [0.1, 0.15) is 0 Å². The normalized spacial score (nSPS) is 17.7. The van der Waals surface area contributed by atoms with Crippen LogP contribution in [0.2, 0.25) is 10.0 Å². The van der Waals surface area contributed by atoms with E-state index in [1.165, 1.54) is 0 Å². The fourth-order valence-corrected chi connectivity index (χ4v) is 3.46. The highest BCUT2D eigenvalue weighted by molar-refractivity contribution is 6.42. The Hall–Kier alpha value is -1.52. The van der Waals surface area contributed by atoms with Crippen LogP contribution in [0.4, 0.5) is 0 Å². The Morgan fingerprint density at radius 1 is 1.32 bits per heavy atom. The maximum absolute atomic E-state index is 12.7. The fraction of sp³-hybridized carbons (Fsp3) is 0.474. The van der Waals surface area contributed by atoms with E-state index >= 15 is 0 Å². The summed E-state index contributed by atoms with van der Waals surface area (Å²) in [6.07, 6.45) is 2.02. The maximum atomic E-state index is 12.7. The van der Waals surface area contributed by atoms with Crippen LogP contribution >= 0.6 is 23.2 Å². The molecule has 25 heavy (non-hydrogen) atoms. The van der Waals surface area contributed by atoms with Crippen LogP contribution in [0.15, 0.2) is 29.5 Å². The van der Waals surface area contributed by atoms with E-state index in [4.69, 9.17) is 27.9 Å². The molecular weight excluding hydrogens is 361 g/mol. The van der Waals surface area contributed by atoms with Gasteiger partial charge in [0, 0.05) is 18.0 Å². The van der Waals surface area contributed by atoms with Crippen molar-refractivity contribution in [2.24, 2.45) is 5.92 Å². The summed E-state index contributed by atoms with van der Waals surface area (Å²) in [7, 11) is 0. The Labute approximate surface area is 158 Å². The van der Waals surface area contributed by atoms with Gasteiger partial charge in [0.15, 0.2) is 0 Å². The highest BCUT2D eigenvalue weighted by atomic mass is 35.5. The van der Waals surface area contributed by atoms with Crippen LogP contribution in [0, 0.1) is 5.92 Å². The van der Waals surface area contributed by atoms with Gasteiger partial charge >= 0.3 is 5.97 Å². The second-order valence-electron chi connectivity index (χ2n) is 6.27. The number of amides is 1. The maximum Gasteiger partial charge on any atom is 0.336 e. The van der Waals surface area contributed by atoms with Crippen LogP contribution in [0.25, 0.3) is 0 Å². The van der Waals surface area contributed by atoms with Gasteiger partial charge in [-0.25, -0.2) is 4.79 Å². The Morgan fingerprint density at radius 2 is 2.00 bits per heavy atom. The molecule has 4 nitrogen and oxygen atoms in total. The number of ether oxygens (including phenoxy) is 1. The molecule has 1 heterocycles. The number of nitrogens with one attached hydrogen (secondary N) is 1. The zero-order chi connectivity index (χ0) is 18.6. The summed E-state index contributed by atoms with van der Waals surface area (Å²) in [6, 6.07) is 5.23. The zero-order valence-electron chi connectivity index (χ0n) is 14.7. The van der Waals surface area contributed by atoms with Crippen molar-refractivity contribution in [1.29, 1.82) is 0 Å². The lowest BCUT2D eigenvalue weighted by Crippen LogP contribution is -2.34. The van der Waals surface area contributed by atoms with Crippen LogP contribution in [0.1, 0.15) is 51.5 Å². The van der Waals surface area contributed by atoms with Crippen LogP contribution in [-0.4, -0.2) is 18.5 Å². The lowest BCUT2D eigenvalue weighted by molar-refractivity contribution is -0.141. The van der Waals surface area contributed by atoms with E-state index in [9.17, 15) is 9.59 Å². The molecule has 1 amide bonds. The standard InChI is InChI=1S/C19H23Cl2NO3/c1-4-12(5-2)10-25-19(24)17-11(3)22-16(23)9-14(17)13-7-6-8-15(20)18(13)21/h6-8,12,14H,4-5,9-10H2,1-3H3,(H,22,23)/t14-/m1/s1. The van der Waals surface area contributed by atoms with E-state index in [0.29, 0.717) is 39.4 Å². The molecule has 0 saturated carbocycles. The van der Waals surface area contributed by atoms with Gasteiger partial charge in [-0.1, -0.05) is 62.0 Å². The SMILES string of the molecule is CCC(CC)COC(=O)C1=C(C)NC(=O)C[C@@H]1c1cccc(Cl)c1Cl. The largest absolute Gasteiger partial charge is 0.462 e. The zero-order valence-corrected chi connectivity index (χ0v) is 16.2. The monoisotopic (exact) mass is 383 g/mol. The molecule has 1 aromatic rings. The van der Waals surface area contributed by atoms with Gasteiger partial charge in [-0.2, -0.15) is 0 Å². The number of halogens is 2. The Bertz CT molecular complexity index is 696. The average Bonchev–Trinajstić information content (AvgIpc) is 2.57. The number of benzene rings is 1. The molecule has 0 unspecified atom stereocenters. The summed E-state index contributed by atoms with van der Waals surface area (Å²) in [5.74, 6) is -0.703. The highest BCUT2D eigenvalue weighted by Crippen LogP contribution is 2.39. The number of allylic oxidation sites excluding steroid dienone is 1. The molecule has 0 aliphatic carbocycles. The third kappa shape index (κ3) is 4.56. The van der Waals surface area contributed by atoms with Crippen molar-refractivity contribution in [2.45, 2.75) is 46.0 Å². The molecule has 136 valence electrons. The van der Waals surface area contributed by atoms with Crippen molar-refractivity contribution in [2.75, 3.05) is 6.61 Å². The minimum atomic E-state index is -0.464. The van der Waals surface area contributed by atoms with Gasteiger partial charge < -0.3 is 10.1 Å². The third-order valence-corrected chi connectivity index (χ3v) is 5.48. The fourth-order valence-electron chi connectivity index (χ4n) is 3.02. The molecule has 1 aromatic carbocycles. The summed E-state index contributed by atoms with van der Waals surface area (Å²) >= 11 is 12.4. The number of esters is 1. The minimum Gasteiger partial charge on any atom is -0.462 e. The number of carbonyl (C=O) groups excluding carboxylic acids is 2. The van der Waals surface area contributed by atoms with Crippen LogP contribution < -0.4 is 5.32 Å². The van der Waals surface area contributed by atoms with Crippen molar-refractivity contribution in [3.63, 3.8) is 0 Å². The van der Waals surface area contributed by atoms with Crippen molar-refractivity contribution in [3.05, 3.63) is 45.1 Å². The molecule has 1 aliphatic rings. The molecule has 2 rings (SSSR count). The van der Waals surface area contributed by atoms with E-state index in [1.807, 2.05) is 0 Å². The van der Waals surface area contributed by atoms with E-state index in [0.717, 1.165) is 12.8 Å². The van der Waals surface area contributed by atoms with E-state index in [2.05, 4.69) is 19.2 Å².